The van der Waals surface area contributed by atoms with Crippen molar-refractivity contribution in [2.75, 3.05) is 0 Å². The zero-order valence-corrected chi connectivity index (χ0v) is 27.8. The van der Waals surface area contributed by atoms with Gasteiger partial charge >= 0.3 is 26.2 Å². The Bertz CT molecular complexity index is 555. The first-order valence-corrected chi connectivity index (χ1v) is 14.5. The summed E-state index contributed by atoms with van der Waals surface area (Å²) in [5, 5.41) is 9.16. The third-order valence-electron chi connectivity index (χ3n) is 5.19. The smallest absolute Gasteiger partial charge is 0.685 e. The second-order valence-corrected chi connectivity index (χ2v) is 16.3. The summed E-state index contributed by atoms with van der Waals surface area (Å²) in [6.07, 6.45) is 0. The van der Waals surface area contributed by atoms with E-state index >= 15 is 0 Å². The van der Waals surface area contributed by atoms with Crippen LogP contribution in [0.1, 0.15) is 104 Å². The van der Waals surface area contributed by atoms with Gasteiger partial charge in [0.15, 0.2) is 0 Å². The standard InChI is InChI=1S/C15H27NSi.C12H24N2.Zr/c1-10-11(2)13(4)14(12(10)3)17(8,9)16-15(5,6)7;1-9(13-11(3,4)5)10(2)14-12(6,7)8;/h1-9H3;1-8H3;/q-1;-2;+4/b;10-9-;. The molecule has 0 aliphatic heterocycles. The summed E-state index contributed by atoms with van der Waals surface area (Å²) >= 11 is 0. The van der Waals surface area contributed by atoms with Gasteiger partial charge in [0.1, 0.15) is 0 Å². The fourth-order valence-corrected chi connectivity index (χ4v) is 8.20. The SMILES string of the molecule is C/C([N-]C(C)(C)C)=C(\C)[N-]C(C)(C)C.C[C]1[C](C)[C](C)[C]([Si](C)(C)[N-]C(C)(C)C)[C]1C.[Zr+4]. The molecule has 0 heterocycles. The van der Waals surface area contributed by atoms with Crippen molar-refractivity contribution < 1.29 is 26.2 Å². The number of hydrogen-bond acceptors (Lipinski definition) is 0. The first-order valence-electron chi connectivity index (χ1n) is 11.6. The molecule has 0 atom stereocenters. The maximum absolute atomic E-state index is 5.13. The van der Waals surface area contributed by atoms with Crippen LogP contribution < -0.4 is 0 Å². The molecule has 1 fully saturated rings. The van der Waals surface area contributed by atoms with Crippen molar-refractivity contribution in [2.24, 2.45) is 0 Å². The molecule has 1 rings (SSSR count). The molecule has 0 bridgehead atoms. The van der Waals surface area contributed by atoms with Crippen molar-refractivity contribution in [2.45, 2.75) is 134 Å². The van der Waals surface area contributed by atoms with Gasteiger partial charge < -0.3 is 15.6 Å². The molecule has 0 N–H and O–H groups in total. The molecule has 0 amide bonds. The number of allylic oxidation sites excluding steroid dienone is 2. The van der Waals surface area contributed by atoms with Crippen LogP contribution in [-0.4, -0.2) is 24.9 Å². The van der Waals surface area contributed by atoms with E-state index in [2.05, 4.69) is 114 Å². The van der Waals surface area contributed by atoms with Crippen LogP contribution in [0.25, 0.3) is 15.6 Å². The van der Waals surface area contributed by atoms with Gasteiger partial charge in [-0.05, 0) is 29.2 Å². The molecule has 5 radical (unpaired) electrons. The molecule has 3 nitrogen and oxygen atoms in total. The van der Waals surface area contributed by atoms with Gasteiger partial charge in [0, 0.05) is 0 Å². The fourth-order valence-electron chi connectivity index (χ4n) is 4.20. The molecule has 1 aliphatic carbocycles. The predicted octanol–water partition coefficient (Wildman–Crippen LogP) is 9.45. The molecule has 5 heteroatoms. The van der Waals surface area contributed by atoms with Gasteiger partial charge in [0.25, 0.3) is 0 Å². The Morgan fingerprint density at radius 1 is 0.562 bits per heavy atom. The van der Waals surface area contributed by atoms with Gasteiger partial charge in [-0.25, -0.2) is 0 Å². The molecule has 0 aromatic rings. The Morgan fingerprint density at radius 2 is 0.844 bits per heavy atom. The summed E-state index contributed by atoms with van der Waals surface area (Å²) in [6, 6.07) is 0. The Kier molecular flexibility index (Phi) is 13.4. The van der Waals surface area contributed by atoms with Crippen LogP contribution in [0.4, 0.5) is 0 Å². The summed E-state index contributed by atoms with van der Waals surface area (Å²) in [5.41, 5.74) is 3.66. The molecule has 32 heavy (non-hydrogen) atoms. The molecule has 0 unspecified atom stereocenters. The van der Waals surface area contributed by atoms with Crippen LogP contribution >= 0.6 is 0 Å². The Balaban J connectivity index is 0. The maximum atomic E-state index is 5.13. The Hall–Kier alpha value is 0.400. The van der Waals surface area contributed by atoms with Gasteiger partial charge in [0.05, 0.1) is 0 Å². The van der Waals surface area contributed by atoms with E-state index in [1.54, 1.807) is 5.54 Å². The van der Waals surface area contributed by atoms with Crippen molar-refractivity contribution in [3.05, 3.63) is 56.2 Å². The fraction of sp³-hybridized carbons (Fsp3) is 0.741. The van der Waals surface area contributed by atoms with E-state index in [-0.39, 0.29) is 42.8 Å². The largest absolute Gasteiger partial charge is 4.00 e. The third-order valence-corrected chi connectivity index (χ3v) is 8.40. The van der Waals surface area contributed by atoms with Gasteiger partial charge in [-0.1, -0.05) is 125 Å². The second kappa shape index (κ2) is 12.4. The second-order valence-electron chi connectivity index (χ2n) is 12.5. The van der Waals surface area contributed by atoms with Gasteiger partial charge in [-0.2, -0.15) is 11.4 Å². The summed E-state index contributed by atoms with van der Waals surface area (Å²) in [7, 11) is -1.69. The van der Waals surface area contributed by atoms with E-state index in [4.69, 9.17) is 4.98 Å². The molecule has 181 valence electrons. The summed E-state index contributed by atoms with van der Waals surface area (Å²) < 4.78 is 0. The molecule has 0 aromatic heterocycles. The first kappa shape index (κ1) is 34.6. The van der Waals surface area contributed by atoms with E-state index in [9.17, 15) is 0 Å². The molecule has 0 aromatic carbocycles. The number of nitrogens with zero attached hydrogens (tertiary/aromatic N) is 3. The van der Waals surface area contributed by atoms with Gasteiger partial charge in [0.2, 0.25) is 0 Å². The van der Waals surface area contributed by atoms with E-state index < -0.39 is 8.24 Å². The van der Waals surface area contributed by atoms with Crippen molar-refractivity contribution >= 4 is 8.24 Å². The van der Waals surface area contributed by atoms with Crippen molar-refractivity contribution in [3.8, 4) is 0 Å². The Morgan fingerprint density at radius 3 is 1.06 bits per heavy atom. The van der Waals surface area contributed by atoms with Crippen molar-refractivity contribution in [1.29, 1.82) is 0 Å². The monoisotopic (exact) mass is 535 g/mol. The number of hydrogen-bond donors (Lipinski definition) is 0. The molecule has 1 aliphatic rings. The van der Waals surface area contributed by atoms with Crippen LogP contribution in [-0.2, 0) is 26.2 Å². The zero-order chi connectivity index (χ0) is 25.2. The van der Waals surface area contributed by atoms with Crippen LogP contribution in [0, 0.1) is 29.2 Å². The predicted molar refractivity (Wildman–Crippen MR) is 144 cm³/mol. The van der Waals surface area contributed by atoms with E-state index in [1.807, 2.05) is 13.8 Å². The maximum Gasteiger partial charge on any atom is 4.00 e. The molecule has 1 saturated carbocycles. The average molecular weight is 537 g/mol. The van der Waals surface area contributed by atoms with Gasteiger partial charge in [-0.3, -0.25) is 0 Å². The quantitative estimate of drug-likeness (QED) is 0.321. The first-order chi connectivity index (χ1) is 13.5. The van der Waals surface area contributed by atoms with Crippen molar-refractivity contribution in [3.63, 3.8) is 0 Å². The van der Waals surface area contributed by atoms with Crippen LogP contribution in [0.2, 0.25) is 13.1 Å². The summed E-state index contributed by atoms with van der Waals surface area (Å²) in [6.45, 7) is 37.0. The minimum Gasteiger partial charge on any atom is -0.685 e. The minimum atomic E-state index is -1.69. The van der Waals surface area contributed by atoms with Crippen LogP contribution in [0.3, 0.4) is 0 Å². The van der Waals surface area contributed by atoms with Crippen LogP contribution in [0.15, 0.2) is 11.4 Å². The van der Waals surface area contributed by atoms with E-state index in [1.165, 1.54) is 23.7 Å². The van der Waals surface area contributed by atoms with Crippen LogP contribution in [0.5, 0.6) is 0 Å². The zero-order valence-electron chi connectivity index (χ0n) is 24.3. The van der Waals surface area contributed by atoms with E-state index in [0.717, 1.165) is 11.4 Å². The minimum absolute atomic E-state index is 0. The molecular weight excluding hydrogens is 486 g/mol. The molecule has 0 saturated heterocycles. The van der Waals surface area contributed by atoms with E-state index in [0.29, 0.717) is 0 Å². The normalized spacial score (nSPS) is 19.2. The summed E-state index contributed by atoms with van der Waals surface area (Å²) in [4.78, 5) is 5.13. The topological polar surface area (TPSA) is 42.3 Å². The molecular formula is C27H51N3SiZr+. The number of rotatable bonds is 4. The van der Waals surface area contributed by atoms with Gasteiger partial charge in [-0.15, -0.1) is 16.6 Å². The Labute approximate surface area is 223 Å². The summed E-state index contributed by atoms with van der Waals surface area (Å²) in [5.74, 6) is 5.87. The third kappa shape index (κ3) is 12.2. The molecule has 0 spiro atoms. The van der Waals surface area contributed by atoms with Crippen molar-refractivity contribution in [1.82, 2.24) is 0 Å². The average Bonchev–Trinajstić information content (AvgIpc) is 2.66.